The van der Waals surface area contributed by atoms with Crippen LogP contribution in [0.1, 0.15) is 30.6 Å². The van der Waals surface area contributed by atoms with Crippen molar-refractivity contribution in [2.75, 3.05) is 12.8 Å². The summed E-state index contributed by atoms with van der Waals surface area (Å²) < 4.78 is 0. The molecule has 1 aliphatic carbocycles. The Morgan fingerprint density at radius 1 is 1.53 bits per heavy atom. The van der Waals surface area contributed by atoms with Crippen LogP contribution in [0.3, 0.4) is 0 Å². The van der Waals surface area contributed by atoms with Crippen LogP contribution in [-0.2, 0) is 6.54 Å². The standard InChI is InChI=1S/C10H17N3S.ClH/c1-13(8-4-2-3-5-8)7-9-6-12-10(11)14-9;/h6,8H,2-5,7H2,1H3,(H2,11,12);1H. The summed E-state index contributed by atoms with van der Waals surface area (Å²) in [6.45, 7) is 1.000. The molecule has 2 rings (SSSR count). The summed E-state index contributed by atoms with van der Waals surface area (Å²) in [5.74, 6) is 0. The van der Waals surface area contributed by atoms with E-state index in [1.807, 2.05) is 6.20 Å². The summed E-state index contributed by atoms with van der Waals surface area (Å²) in [4.78, 5) is 7.77. The Balaban J connectivity index is 0.00000112. The molecule has 0 aliphatic heterocycles. The second-order valence-electron chi connectivity index (χ2n) is 4.02. The number of hydrogen-bond donors (Lipinski definition) is 1. The number of nitrogens with two attached hydrogens (primary N) is 1. The first kappa shape index (κ1) is 12.7. The van der Waals surface area contributed by atoms with Gasteiger partial charge in [0.1, 0.15) is 0 Å². The first-order valence-corrected chi connectivity index (χ1v) is 5.98. The molecule has 0 atom stereocenters. The summed E-state index contributed by atoms with van der Waals surface area (Å²) in [7, 11) is 2.20. The third kappa shape index (κ3) is 3.33. The van der Waals surface area contributed by atoms with Crippen molar-refractivity contribution >= 4 is 28.9 Å². The monoisotopic (exact) mass is 247 g/mol. The molecule has 0 bridgehead atoms. The van der Waals surface area contributed by atoms with E-state index in [0.29, 0.717) is 5.13 Å². The van der Waals surface area contributed by atoms with Crippen molar-refractivity contribution in [3.8, 4) is 0 Å². The van der Waals surface area contributed by atoms with Crippen molar-refractivity contribution in [3.63, 3.8) is 0 Å². The van der Waals surface area contributed by atoms with E-state index >= 15 is 0 Å². The zero-order valence-electron chi connectivity index (χ0n) is 8.98. The van der Waals surface area contributed by atoms with Crippen LogP contribution in [0.2, 0.25) is 0 Å². The molecular formula is C10H18ClN3S. The molecule has 1 aromatic rings. The number of aromatic nitrogens is 1. The van der Waals surface area contributed by atoms with Crippen LogP contribution >= 0.6 is 23.7 Å². The lowest BCUT2D eigenvalue weighted by molar-refractivity contribution is 0.239. The van der Waals surface area contributed by atoms with Gasteiger partial charge in [0.2, 0.25) is 0 Å². The Morgan fingerprint density at radius 2 is 2.20 bits per heavy atom. The van der Waals surface area contributed by atoms with Gasteiger partial charge in [-0.2, -0.15) is 0 Å². The molecule has 5 heteroatoms. The SMILES string of the molecule is CN(Cc1cnc(N)s1)C1CCCC1.Cl. The van der Waals surface area contributed by atoms with E-state index < -0.39 is 0 Å². The molecule has 3 nitrogen and oxygen atoms in total. The fourth-order valence-corrected chi connectivity index (χ4v) is 2.86. The molecular weight excluding hydrogens is 230 g/mol. The summed E-state index contributed by atoms with van der Waals surface area (Å²) in [6, 6.07) is 0.776. The van der Waals surface area contributed by atoms with Crippen molar-refractivity contribution in [1.29, 1.82) is 0 Å². The second kappa shape index (κ2) is 5.68. The Labute approximate surface area is 101 Å². The fourth-order valence-electron chi connectivity index (χ4n) is 2.12. The average Bonchev–Trinajstić information content (AvgIpc) is 2.75. The van der Waals surface area contributed by atoms with E-state index in [0.717, 1.165) is 12.6 Å². The highest BCUT2D eigenvalue weighted by Gasteiger charge is 2.19. The Kier molecular flexibility index (Phi) is 4.83. The third-order valence-corrected chi connectivity index (χ3v) is 3.74. The predicted octanol–water partition coefficient (Wildman–Crippen LogP) is 2.52. The summed E-state index contributed by atoms with van der Waals surface area (Å²) in [6.07, 6.45) is 7.38. The molecule has 1 saturated carbocycles. The Hall–Kier alpha value is -0.320. The molecule has 0 aromatic carbocycles. The van der Waals surface area contributed by atoms with Crippen molar-refractivity contribution in [2.24, 2.45) is 0 Å². The van der Waals surface area contributed by atoms with E-state index in [4.69, 9.17) is 5.73 Å². The molecule has 2 N–H and O–H groups in total. The summed E-state index contributed by atoms with van der Waals surface area (Å²) in [5, 5.41) is 0.680. The second-order valence-corrected chi connectivity index (χ2v) is 5.16. The Bertz CT molecular complexity index is 297. The molecule has 0 amide bonds. The van der Waals surface area contributed by atoms with Gasteiger partial charge in [0.25, 0.3) is 0 Å². The molecule has 1 heterocycles. The maximum Gasteiger partial charge on any atom is 0.180 e. The highest BCUT2D eigenvalue weighted by molar-refractivity contribution is 7.15. The van der Waals surface area contributed by atoms with Crippen LogP contribution in [0, 0.1) is 0 Å². The topological polar surface area (TPSA) is 42.2 Å². The smallest absolute Gasteiger partial charge is 0.180 e. The highest BCUT2D eigenvalue weighted by Crippen LogP contribution is 2.25. The maximum absolute atomic E-state index is 5.60. The van der Waals surface area contributed by atoms with Gasteiger partial charge < -0.3 is 5.73 Å². The van der Waals surface area contributed by atoms with Gasteiger partial charge in [-0.15, -0.1) is 23.7 Å². The number of rotatable bonds is 3. The van der Waals surface area contributed by atoms with Crippen molar-refractivity contribution in [2.45, 2.75) is 38.3 Å². The summed E-state index contributed by atoms with van der Waals surface area (Å²) in [5.41, 5.74) is 5.60. The molecule has 1 fully saturated rings. The van der Waals surface area contributed by atoms with Crippen LogP contribution < -0.4 is 5.73 Å². The molecule has 0 unspecified atom stereocenters. The van der Waals surface area contributed by atoms with Crippen LogP contribution in [0.5, 0.6) is 0 Å². The minimum atomic E-state index is 0. The van der Waals surface area contributed by atoms with Gasteiger partial charge in [-0.05, 0) is 19.9 Å². The van der Waals surface area contributed by atoms with E-state index in [9.17, 15) is 0 Å². The van der Waals surface area contributed by atoms with Gasteiger partial charge in [-0.3, -0.25) is 4.90 Å². The molecule has 0 radical (unpaired) electrons. The third-order valence-electron chi connectivity index (χ3n) is 2.92. The lowest BCUT2D eigenvalue weighted by Crippen LogP contribution is -2.28. The first-order chi connectivity index (χ1) is 6.75. The van der Waals surface area contributed by atoms with Gasteiger partial charge in [0.05, 0.1) is 0 Å². The molecule has 0 spiro atoms. The number of nitrogens with zero attached hydrogens (tertiary/aromatic N) is 2. The van der Waals surface area contributed by atoms with Crippen molar-refractivity contribution in [1.82, 2.24) is 9.88 Å². The molecule has 15 heavy (non-hydrogen) atoms. The van der Waals surface area contributed by atoms with Gasteiger partial charge in [-0.25, -0.2) is 4.98 Å². The van der Waals surface area contributed by atoms with E-state index in [1.54, 1.807) is 11.3 Å². The number of halogens is 1. The van der Waals surface area contributed by atoms with E-state index in [-0.39, 0.29) is 12.4 Å². The van der Waals surface area contributed by atoms with Gasteiger partial charge in [0.15, 0.2) is 5.13 Å². The molecule has 86 valence electrons. The van der Waals surface area contributed by atoms with Crippen LogP contribution in [0.4, 0.5) is 5.13 Å². The average molecular weight is 248 g/mol. The highest BCUT2D eigenvalue weighted by atomic mass is 35.5. The minimum Gasteiger partial charge on any atom is -0.375 e. The number of thiazole rings is 1. The quantitative estimate of drug-likeness (QED) is 0.893. The maximum atomic E-state index is 5.60. The number of nitrogen functional groups attached to an aromatic ring is 1. The molecule has 1 aliphatic rings. The van der Waals surface area contributed by atoms with Crippen molar-refractivity contribution in [3.05, 3.63) is 11.1 Å². The number of hydrogen-bond acceptors (Lipinski definition) is 4. The fraction of sp³-hybridized carbons (Fsp3) is 0.700. The van der Waals surface area contributed by atoms with Crippen LogP contribution in [0.25, 0.3) is 0 Å². The van der Waals surface area contributed by atoms with E-state index in [1.165, 1.54) is 30.6 Å². The molecule has 1 aromatic heterocycles. The summed E-state index contributed by atoms with van der Waals surface area (Å²) >= 11 is 1.60. The zero-order chi connectivity index (χ0) is 9.97. The van der Waals surface area contributed by atoms with Crippen molar-refractivity contribution < 1.29 is 0 Å². The van der Waals surface area contributed by atoms with E-state index in [2.05, 4.69) is 16.9 Å². The largest absolute Gasteiger partial charge is 0.375 e. The lowest BCUT2D eigenvalue weighted by Gasteiger charge is -2.22. The zero-order valence-corrected chi connectivity index (χ0v) is 10.6. The first-order valence-electron chi connectivity index (χ1n) is 5.16. The van der Waals surface area contributed by atoms with Gasteiger partial charge in [-0.1, -0.05) is 12.8 Å². The molecule has 0 saturated heterocycles. The Morgan fingerprint density at radius 3 is 2.73 bits per heavy atom. The van der Waals surface area contributed by atoms with Crippen LogP contribution in [-0.4, -0.2) is 23.0 Å². The van der Waals surface area contributed by atoms with Crippen LogP contribution in [0.15, 0.2) is 6.20 Å². The normalized spacial score (nSPS) is 16.9. The predicted molar refractivity (Wildman–Crippen MR) is 67.5 cm³/mol. The number of anilines is 1. The van der Waals surface area contributed by atoms with Gasteiger partial charge in [0, 0.05) is 23.7 Å². The minimum absolute atomic E-state index is 0. The lowest BCUT2D eigenvalue weighted by atomic mass is 10.2. The van der Waals surface area contributed by atoms with Gasteiger partial charge >= 0.3 is 0 Å².